The van der Waals surface area contributed by atoms with E-state index in [1.165, 1.54) is 17.6 Å². The van der Waals surface area contributed by atoms with Gasteiger partial charge in [0.1, 0.15) is 5.01 Å². The molecule has 0 saturated carbocycles. The van der Waals surface area contributed by atoms with Crippen molar-refractivity contribution in [3.05, 3.63) is 16.1 Å². The fraction of sp³-hybridized carbons (Fsp3) is 0.600. The van der Waals surface area contributed by atoms with E-state index in [-0.39, 0.29) is 11.2 Å². The topological polar surface area (TPSA) is 74.1 Å². The number of aromatic nitrogens is 1. The van der Waals surface area contributed by atoms with Crippen LogP contribution in [0.5, 0.6) is 0 Å². The molecule has 0 aliphatic carbocycles. The number of amides is 1. The van der Waals surface area contributed by atoms with Crippen molar-refractivity contribution in [2.75, 3.05) is 19.3 Å². The number of likely N-dealkylation sites (tertiary alicyclic amines) is 1. The average Bonchev–Trinajstić information content (AvgIpc) is 2.45. The number of aryl methyl sites for hydroxylation is 1. The van der Waals surface area contributed by atoms with Gasteiger partial charge in [-0.15, -0.1) is 11.3 Å². The molecule has 1 aliphatic heterocycles. The van der Waals surface area contributed by atoms with Crippen LogP contribution in [0.15, 0.2) is 6.20 Å². The second-order valence-corrected chi connectivity index (χ2v) is 8.16. The third kappa shape index (κ3) is 2.84. The number of carbonyl (C=O) groups excluding carboxylic acids is 1. The highest BCUT2D eigenvalue weighted by molar-refractivity contribution is 7.92. The molecule has 94 valence electrons. The first kappa shape index (κ1) is 12.5. The second-order valence-electron chi connectivity index (χ2n) is 4.37. The molecule has 1 amide bonds. The van der Waals surface area contributed by atoms with Gasteiger partial charge >= 0.3 is 0 Å². The van der Waals surface area contributed by atoms with Crippen LogP contribution in [0.1, 0.15) is 9.88 Å². The van der Waals surface area contributed by atoms with Gasteiger partial charge in [0, 0.05) is 40.1 Å². The van der Waals surface area contributed by atoms with Gasteiger partial charge in [0.2, 0.25) is 5.91 Å². The molecule has 1 atom stereocenters. The third-order valence-corrected chi connectivity index (χ3v) is 5.29. The maximum Gasteiger partial charge on any atom is 0.229 e. The third-order valence-electron chi connectivity index (χ3n) is 2.81. The zero-order valence-corrected chi connectivity index (χ0v) is 11.4. The van der Waals surface area contributed by atoms with Crippen molar-refractivity contribution in [1.29, 1.82) is 4.78 Å². The largest absolute Gasteiger partial charge is 0.340 e. The van der Waals surface area contributed by atoms with Crippen molar-refractivity contribution in [1.82, 2.24) is 9.88 Å². The van der Waals surface area contributed by atoms with Crippen molar-refractivity contribution >= 4 is 27.0 Å². The lowest BCUT2D eigenvalue weighted by Gasteiger charge is -2.39. The number of thiazole rings is 1. The molecule has 0 aromatic carbocycles. The lowest BCUT2D eigenvalue weighted by molar-refractivity contribution is -0.133. The standard InChI is InChI=1S/C10H15N3O2S2/c1-7-4-12-9(16-7)3-10(14)13-5-8(6-13)17(2,11)15/h4,8,11H,3,5-6H2,1-2H3. The van der Waals surface area contributed by atoms with Gasteiger partial charge in [-0.3, -0.25) is 9.57 Å². The molecule has 1 aliphatic rings. The smallest absolute Gasteiger partial charge is 0.229 e. The van der Waals surface area contributed by atoms with Gasteiger partial charge in [0.25, 0.3) is 0 Å². The van der Waals surface area contributed by atoms with Gasteiger partial charge in [-0.2, -0.15) is 0 Å². The van der Waals surface area contributed by atoms with Gasteiger partial charge in [0.05, 0.1) is 11.7 Å². The van der Waals surface area contributed by atoms with Crippen molar-refractivity contribution in [2.45, 2.75) is 18.6 Å². The maximum absolute atomic E-state index is 11.8. The van der Waals surface area contributed by atoms with Crippen LogP contribution in [0.25, 0.3) is 0 Å². The molecule has 17 heavy (non-hydrogen) atoms. The van der Waals surface area contributed by atoms with Crippen molar-refractivity contribution in [3.8, 4) is 0 Å². The molecule has 1 N–H and O–H groups in total. The van der Waals surface area contributed by atoms with E-state index in [2.05, 4.69) is 4.98 Å². The summed E-state index contributed by atoms with van der Waals surface area (Å²) in [4.78, 5) is 18.7. The fourth-order valence-electron chi connectivity index (χ4n) is 1.65. The summed E-state index contributed by atoms with van der Waals surface area (Å²) in [6.07, 6.45) is 3.51. The van der Waals surface area contributed by atoms with Crippen molar-refractivity contribution < 1.29 is 9.00 Å². The van der Waals surface area contributed by atoms with Gasteiger partial charge < -0.3 is 4.90 Å². The minimum absolute atomic E-state index is 0.0132. The minimum Gasteiger partial charge on any atom is -0.340 e. The molecule has 2 heterocycles. The van der Waals surface area contributed by atoms with E-state index in [4.69, 9.17) is 4.78 Å². The van der Waals surface area contributed by atoms with E-state index >= 15 is 0 Å². The number of carbonyl (C=O) groups is 1. The van der Waals surface area contributed by atoms with E-state index in [1.807, 2.05) is 6.92 Å². The molecule has 1 unspecified atom stereocenters. The van der Waals surface area contributed by atoms with Crippen LogP contribution in [0.3, 0.4) is 0 Å². The van der Waals surface area contributed by atoms with Gasteiger partial charge in [0.15, 0.2) is 0 Å². The Balaban J connectivity index is 1.88. The second kappa shape index (κ2) is 4.38. The zero-order valence-electron chi connectivity index (χ0n) is 9.80. The number of rotatable bonds is 3. The summed E-state index contributed by atoms with van der Waals surface area (Å²) in [6.45, 7) is 2.85. The highest BCUT2D eigenvalue weighted by Gasteiger charge is 2.35. The quantitative estimate of drug-likeness (QED) is 0.888. The first-order chi connectivity index (χ1) is 7.86. The molecule has 1 fully saturated rings. The van der Waals surface area contributed by atoms with E-state index < -0.39 is 9.73 Å². The normalized spacial score (nSPS) is 19.8. The van der Waals surface area contributed by atoms with Crippen LogP contribution in [-0.2, 0) is 20.9 Å². The first-order valence-electron chi connectivity index (χ1n) is 5.28. The molecular weight excluding hydrogens is 258 g/mol. The summed E-state index contributed by atoms with van der Waals surface area (Å²) in [7, 11) is -2.51. The predicted molar refractivity (Wildman–Crippen MR) is 67.7 cm³/mol. The van der Waals surface area contributed by atoms with Gasteiger partial charge in [-0.25, -0.2) is 9.19 Å². The van der Waals surface area contributed by atoms with Crippen LogP contribution >= 0.6 is 11.3 Å². The zero-order chi connectivity index (χ0) is 12.6. The summed E-state index contributed by atoms with van der Waals surface area (Å²) in [6, 6.07) is 0. The van der Waals surface area contributed by atoms with E-state index in [1.54, 1.807) is 11.1 Å². The Morgan fingerprint density at radius 2 is 2.35 bits per heavy atom. The highest BCUT2D eigenvalue weighted by atomic mass is 32.2. The predicted octanol–water partition coefficient (Wildman–Crippen LogP) is 0.881. The SMILES string of the molecule is Cc1cnc(CC(=O)N2CC(S(C)(=N)=O)C2)s1. The maximum atomic E-state index is 11.8. The Hall–Kier alpha value is -0.950. The summed E-state index contributed by atoms with van der Waals surface area (Å²) in [5, 5.41) is 0.656. The Morgan fingerprint density at radius 1 is 1.71 bits per heavy atom. The van der Waals surface area contributed by atoms with E-state index in [0.29, 0.717) is 19.5 Å². The van der Waals surface area contributed by atoms with Crippen molar-refractivity contribution in [3.63, 3.8) is 0 Å². The lowest BCUT2D eigenvalue weighted by Crippen LogP contribution is -2.56. The molecule has 2 rings (SSSR count). The molecule has 5 nitrogen and oxygen atoms in total. The summed E-state index contributed by atoms with van der Waals surface area (Å²) in [5.41, 5.74) is 0. The van der Waals surface area contributed by atoms with Gasteiger partial charge in [-0.1, -0.05) is 0 Å². The summed E-state index contributed by atoms with van der Waals surface area (Å²) in [5.74, 6) is 0.0132. The Bertz CT molecular complexity index is 530. The molecule has 1 saturated heterocycles. The molecule has 0 radical (unpaired) electrons. The van der Waals surface area contributed by atoms with Crippen LogP contribution < -0.4 is 0 Å². The van der Waals surface area contributed by atoms with E-state index in [0.717, 1.165) is 9.88 Å². The lowest BCUT2D eigenvalue weighted by atomic mass is 10.2. The molecule has 0 bridgehead atoms. The summed E-state index contributed by atoms with van der Waals surface area (Å²) >= 11 is 1.52. The number of hydrogen-bond acceptors (Lipinski definition) is 5. The van der Waals surface area contributed by atoms with Crippen LogP contribution in [0.2, 0.25) is 0 Å². The molecule has 7 heteroatoms. The Labute approximate surface area is 105 Å². The Morgan fingerprint density at radius 3 is 2.82 bits per heavy atom. The van der Waals surface area contributed by atoms with Gasteiger partial charge in [-0.05, 0) is 6.92 Å². The molecule has 1 aromatic rings. The number of nitrogens with zero attached hydrogens (tertiary/aromatic N) is 2. The van der Waals surface area contributed by atoms with E-state index in [9.17, 15) is 9.00 Å². The summed E-state index contributed by atoms with van der Waals surface area (Å²) < 4.78 is 18.8. The minimum atomic E-state index is -2.51. The Kier molecular flexibility index (Phi) is 3.22. The monoisotopic (exact) mass is 273 g/mol. The van der Waals surface area contributed by atoms with Crippen LogP contribution in [0, 0.1) is 11.7 Å². The van der Waals surface area contributed by atoms with Crippen LogP contribution in [-0.4, -0.2) is 44.6 Å². The van der Waals surface area contributed by atoms with Crippen LogP contribution in [0.4, 0.5) is 0 Å². The highest BCUT2D eigenvalue weighted by Crippen LogP contribution is 2.19. The first-order valence-corrected chi connectivity index (χ1v) is 8.12. The van der Waals surface area contributed by atoms with Crippen molar-refractivity contribution in [2.24, 2.45) is 0 Å². The molecular formula is C10H15N3O2S2. The average molecular weight is 273 g/mol. The molecule has 1 aromatic heterocycles. The number of nitrogens with one attached hydrogen (secondary N) is 1. The number of hydrogen-bond donors (Lipinski definition) is 1. The fourth-order valence-corrected chi connectivity index (χ4v) is 3.36. The molecule has 0 spiro atoms.